The van der Waals surface area contributed by atoms with E-state index < -0.39 is 11.4 Å². The fourth-order valence-electron chi connectivity index (χ4n) is 3.81. The number of carbonyl (C=O) groups excluding carboxylic acids is 3. The van der Waals surface area contributed by atoms with Gasteiger partial charge < -0.3 is 4.74 Å². The summed E-state index contributed by atoms with van der Waals surface area (Å²) >= 11 is 5.41. The predicted molar refractivity (Wildman–Crippen MR) is 81.4 cm³/mol. The SMILES string of the molecule is CC1=C2C(=O)C(C)(COC(=O)CCl)C=C2C(=O)[C@@H](C)C12CC2. The molecule has 0 amide bonds. The van der Waals surface area contributed by atoms with Crippen molar-refractivity contribution in [2.45, 2.75) is 33.6 Å². The summed E-state index contributed by atoms with van der Waals surface area (Å²) in [5.74, 6) is -0.967. The zero-order chi connectivity index (χ0) is 16.3. The molecule has 0 bridgehead atoms. The molecule has 5 heteroatoms. The van der Waals surface area contributed by atoms with Crippen LogP contribution in [0.1, 0.15) is 33.6 Å². The van der Waals surface area contributed by atoms with Crippen molar-refractivity contribution in [1.29, 1.82) is 0 Å². The van der Waals surface area contributed by atoms with Gasteiger partial charge in [0.05, 0.1) is 5.41 Å². The lowest BCUT2D eigenvalue weighted by Crippen LogP contribution is -2.34. The van der Waals surface area contributed by atoms with Crippen LogP contribution in [-0.4, -0.2) is 30.0 Å². The van der Waals surface area contributed by atoms with Crippen LogP contribution in [0.2, 0.25) is 0 Å². The minimum absolute atomic E-state index is 0.0406. The zero-order valence-corrected chi connectivity index (χ0v) is 13.8. The third-order valence-electron chi connectivity index (χ3n) is 5.52. The number of alkyl halides is 1. The van der Waals surface area contributed by atoms with E-state index in [9.17, 15) is 14.4 Å². The molecule has 4 nitrogen and oxygen atoms in total. The Kier molecular flexibility index (Phi) is 3.37. The number of halogens is 1. The fourth-order valence-corrected chi connectivity index (χ4v) is 3.88. The third kappa shape index (κ3) is 1.93. The molecular weight excluding hydrogens is 304 g/mol. The predicted octanol–water partition coefficient (Wildman–Crippen LogP) is 2.60. The van der Waals surface area contributed by atoms with Gasteiger partial charge in [0.25, 0.3) is 0 Å². The van der Waals surface area contributed by atoms with Crippen molar-refractivity contribution in [3.05, 3.63) is 22.8 Å². The molecule has 1 saturated carbocycles. The van der Waals surface area contributed by atoms with Crippen LogP contribution in [0, 0.1) is 16.7 Å². The van der Waals surface area contributed by atoms with Gasteiger partial charge in [-0.3, -0.25) is 14.4 Å². The monoisotopic (exact) mass is 322 g/mol. The molecular formula is C17H19ClO4. The van der Waals surface area contributed by atoms with Gasteiger partial charge in [0.1, 0.15) is 12.5 Å². The van der Waals surface area contributed by atoms with Crippen LogP contribution in [0.25, 0.3) is 0 Å². The van der Waals surface area contributed by atoms with Gasteiger partial charge in [0.2, 0.25) is 0 Å². The number of ether oxygens (including phenoxy) is 1. The summed E-state index contributed by atoms with van der Waals surface area (Å²) in [6.45, 7) is 5.55. The average Bonchev–Trinajstić information content (AvgIpc) is 3.25. The Labute approximate surface area is 134 Å². The van der Waals surface area contributed by atoms with Crippen LogP contribution < -0.4 is 0 Å². The Bertz CT molecular complexity index is 654. The number of rotatable bonds is 3. The maximum absolute atomic E-state index is 12.9. The average molecular weight is 323 g/mol. The Hall–Kier alpha value is -1.42. The number of fused-ring (bicyclic) bond motifs is 1. The molecule has 0 heterocycles. The molecule has 22 heavy (non-hydrogen) atoms. The first-order valence-corrected chi connectivity index (χ1v) is 8.05. The van der Waals surface area contributed by atoms with Gasteiger partial charge in [-0.15, -0.1) is 11.6 Å². The number of esters is 1. The molecule has 1 unspecified atom stereocenters. The Morgan fingerprint density at radius 3 is 2.59 bits per heavy atom. The standard InChI is InChI=1S/C17H19ClO4/c1-9-13-11(14(20)10(2)17(9)4-5-17)6-16(3,15(13)21)8-22-12(19)7-18/h6,10H,4-5,7-8H2,1-3H3/t10-,16?/m1/s1. The summed E-state index contributed by atoms with van der Waals surface area (Å²) in [6, 6.07) is 0. The van der Waals surface area contributed by atoms with Crippen LogP contribution >= 0.6 is 11.6 Å². The highest BCUT2D eigenvalue weighted by atomic mass is 35.5. The molecule has 0 aromatic heterocycles. The minimum atomic E-state index is -0.969. The van der Waals surface area contributed by atoms with E-state index in [0.717, 1.165) is 18.4 Å². The van der Waals surface area contributed by atoms with E-state index in [4.69, 9.17) is 16.3 Å². The molecule has 0 saturated heterocycles. The van der Waals surface area contributed by atoms with Crippen molar-refractivity contribution in [3.63, 3.8) is 0 Å². The van der Waals surface area contributed by atoms with E-state index in [-0.39, 0.29) is 35.4 Å². The smallest absolute Gasteiger partial charge is 0.320 e. The van der Waals surface area contributed by atoms with Crippen molar-refractivity contribution in [2.24, 2.45) is 16.7 Å². The fraction of sp³-hybridized carbons (Fsp3) is 0.588. The number of Topliss-reactive ketones (excluding diaryl/α,β-unsaturated/α-hetero) is 2. The van der Waals surface area contributed by atoms with E-state index >= 15 is 0 Å². The lowest BCUT2D eigenvalue weighted by molar-refractivity contribution is -0.144. The number of carbonyl (C=O) groups is 3. The Morgan fingerprint density at radius 1 is 1.41 bits per heavy atom. The molecule has 0 aliphatic heterocycles. The van der Waals surface area contributed by atoms with Crippen molar-refractivity contribution in [3.8, 4) is 0 Å². The molecule has 3 rings (SSSR count). The first-order chi connectivity index (χ1) is 10.3. The molecule has 3 aliphatic carbocycles. The number of hydrogen-bond acceptors (Lipinski definition) is 4. The summed E-state index contributed by atoms with van der Waals surface area (Å²) in [5.41, 5.74) is 1.02. The van der Waals surface area contributed by atoms with Crippen molar-refractivity contribution < 1.29 is 19.1 Å². The first kappa shape index (κ1) is 15.5. The lowest BCUT2D eigenvalue weighted by Gasteiger charge is -2.31. The highest BCUT2D eigenvalue weighted by Crippen LogP contribution is 2.63. The third-order valence-corrected chi connectivity index (χ3v) is 5.74. The minimum Gasteiger partial charge on any atom is -0.463 e. The second-order valence-corrected chi connectivity index (χ2v) is 7.11. The topological polar surface area (TPSA) is 60.4 Å². The van der Waals surface area contributed by atoms with Crippen LogP contribution in [0.5, 0.6) is 0 Å². The van der Waals surface area contributed by atoms with E-state index in [2.05, 4.69) is 0 Å². The normalized spacial score (nSPS) is 32.2. The zero-order valence-electron chi connectivity index (χ0n) is 13.0. The number of ketones is 2. The van der Waals surface area contributed by atoms with Crippen LogP contribution in [0.15, 0.2) is 22.8 Å². The van der Waals surface area contributed by atoms with Gasteiger partial charge in [-0.05, 0) is 26.7 Å². The number of allylic oxidation sites excluding steroid dienone is 3. The molecule has 118 valence electrons. The summed E-state index contributed by atoms with van der Waals surface area (Å²) in [4.78, 5) is 36.8. The van der Waals surface area contributed by atoms with Gasteiger partial charge in [0, 0.05) is 22.5 Å². The molecule has 1 spiro atoms. The second-order valence-electron chi connectivity index (χ2n) is 6.84. The molecule has 0 aromatic carbocycles. The molecule has 1 fully saturated rings. The first-order valence-electron chi connectivity index (χ1n) is 7.52. The largest absolute Gasteiger partial charge is 0.463 e. The second kappa shape index (κ2) is 4.79. The molecule has 0 N–H and O–H groups in total. The van der Waals surface area contributed by atoms with Crippen molar-refractivity contribution >= 4 is 29.1 Å². The molecule has 3 aliphatic rings. The van der Waals surface area contributed by atoms with E-state index in [0.29, 0.717) is 11.1 Å². The lowest BCUT2D eigenvalue weighted by atomic mass is 9.71. The maximum atomic E-state index is 12.9. The summed E-state index contributed by atoms with van der Waals surface area (Å²) in [7, 11) is 0. The number of hydrogen-bond donors (Lipinski definition) is 0. The van der Waals surface area contributed by atoms with E-state index in [1.165, 1.54) is 0 Å². The summed E-state index contributed by atoms with van der Waals surface area (Å²) in [6.07, 6.45) is 3.62. The molecule has 2 atom stereocenters. The van der Waals surface area contributed by atoms with Crippen LogP contribution in [-0.2, 0) is 19.1 Å². The van der Waals surface area contributed by atoms with Gasteiger partial charge in [-0.25, -0.2) is 0 Å². The van der Waals surface area contributed by atoms with Crippen molar-refractivity contribution in [2.75, 3.05) is 12.5 Å². The van der Waals surface area contributed by atoms with Crippen molar-refractivity contribution in [1.82, 2.24) is 0 Å². The summed E-state index contributed by atoms with van der Waals surface area (Å²) < 4.78 is 5.05. The Morgan fingerprint density at radius 2 is 2.05 bits per heavy atom. The highest BCUT2D eigenvalue weighted by molar-refractivity contribution is 6.26. The molecule has 0 aromatic rings. The summed E-state index contributed by atoms with van der Waals surface area (Å²) in [5, 5.41) is 0. The van der Waals surface area contributed by atoms with Gasteiger partial charge in [-0.2, -0.15) is 0 Å². The van der Waals surface area contributed by atoms with Crippen LogP contribution in [0.3, 0.4) is 0 Å². The van der Waals surface area contributed by atoms with Gasteiger partial charge in [0.15, 0.2) is 11.6 Å². The highest BCUT2D eigenvalue weighted by Gasteiger charge is 2.59. The van der Waals surface area contributed by atoms with Gasteiger partial charge in [-0.1, -0.05) is 18.6 Å². The van der Waals surface area contributed by atoms with E-state index in [1.54, 1.807) is 13.0 Å². The maximum Gasteiger partial charge on any atom is 0.320 e. The van der Waals surface area contributed by atoms with Crippen LogP contribution in [0.4, 0.5) is 0 Å². The molecule has 0 radical (unpaired) electrons. The van der Waals surface area contributed by atoms with Gasteiger partial charge >= 0.3 is 5.97 Å². The van der Waals surface area contributed by atoms with E-state index in [1.807, 2.05) is 13.8 Å². The quantitative estimate of drug-likeness (QED) is 0.592. The Balaban J connectivity index is 1.99.